The molecule has 0 aromatic carbocycles. The van der Waals surface area contributed by atoms with Crippen molar-refractivity contribution in [2.24, 2.45) is 0 Å². The number of hydrogen-bond acceptors (Lipinski definition) is 7. The molecule has 3 aliphatic rings. The number of aromatic nitrogens is 5. The molecule has 3 saturated heterocycles. The zero-order valence-corrected chi connectivity index (χ0v) is 15.7. The fourth-order valence-electron chi connectivity index (χ4n) is 4.33. The number of piperidine rings is 1. The molecule has 0 spiro atoms. The van der Waals surface area contributed by atoms with Gasteiger partial charge < -0.3 is 14.2 Å². The molecule has 146 valence electrons. The number of ether oxygens (including phenoxy) is 1. The van der Waals surface area contributed by atoms with Crippen LogP contribution in [0.15, 0.2) is 31.0 Å². The number of hydrogen-bond donors (Lipinski definition) is 0. The highest BCUT2D eigenvalue weighted by Crippen LogP contribution is 2.38. The summed E-state index contributed by atoms with van der Waals surface area (Å²) >= 11 is 0. The third kappa shape index (κ3) is 2.91. The Hall–Kier alpha value is -2.65. The van der Waals surface area contributed by atoms with E-state index in [1.807, 2.05) is 4.57 Å². The minimum atomic E-state index is -0.238. The first kappa shape index (κ1) is 17.4. The van der Waals surface area contributed by atoms with Gasteiger partial charge in [-0.25, -0.2) is 19.3 Å². The van der Waals surface area contributed by atoms with Crippen molar-refractivity contribution >= 4 is 17.0 Å². The number of pyridine rings is 1. The predicted molar refractivity (Wildman–Crippen MR) is 101 cm³/mol. The largest absolute Gasteiger partial charge is 0.383 e. The molecule has 28 heavy (non-hydrogen) atoms. The molecule has 3 aromatic heterocycles. The fraction of sp³-hybridized carbons (Fsp3) is 0.474. The summed E-state index contributed by atoms with van der Waals surface area (Å²) in [7, 11) is 1.68. The quantitative estimate of drug-likeness (QED) is 0.638. The zero-order chi connectivity index (χ0) is 19.1. The van der Waals surface area contributed by atoms with Crippen molar-refractivity contribution in [1.82, 2.24) is 29.4 Å². The van der Waals surface area contributed by atoms with Crippen LogP contribution in [0.1, 0.15) is 12.1 Å². The van der Waals surface area contributed by atoms with E-state index < -0.39 is 0 Å². The molecule has 0 radical (unpaired) electrons. The normalized spacial score (nSPS) is 21.9. The second kappa shape index (κ2) is 7.06. The Kier molecular flexibility index (Phi) is 4.40. The minimum Gasteiger partial charge on any atom is -0.383 e. The van der Waals surface area contributed by atoms with Gasteiger partial charge in [-0.2, -0.15) is 0 Å². The Labute approximate surface area is 162 Å². The van der Waals surface area contributed by atoms with Crippen LogP contribution in [0.25, 0.3) is 11.2 Å². The van der Waals surface area contributed by atoms with E-state index in [9.17, 15) is 4.39 Å². The maximum atomic E-state index is 13.9. The Morgan fingerprint density at radius 3 is 2.82 bits per heavy atom. The van der Waals surface area contributed by atoms with Crippen LogP contribution in [0, 0.1) is 5.82 Å². The molecular weight excluding hydrogens is 361 g/mol. The number of fused-ring (bicyclic) bond motifs is 3. The van der Waals surface area contributed by atoms with Gasteiger partial charge in [-0.15, -0.1) is 0 Å². The lowest BCUT2D eigenvalue weighted by molar-refractivity contribution is 0.106. The fourth-order valence-corrected chi connectivity index (χ4v) is 4.33. The van der Waals surface area contributed by atoms with Crippen molar-refractivity contribution in [3.05, 3.63) is 42.5 Å². The van der Waals surface area contributed by atoms with E-state index in [0.29, 0.717) is 37.5 Å². The summed E-state index contributed by atoms with van der Waals surface area (Å²) in [5.41, 5.74) is 2.17. The van der Waals surface area contributed by atoms with E-state index in [2.05, 4.69) is 29.7 Å². The van der Waals surface area contributed by atoms with Crippen molar-refractivity contribution < 1.29 is 9.13 Å². The minimum absolute atomic E-state index is 0.238. The Morgan fingerprint density at radius 1 is 1.18 bits per heavy atom. The highest BCUT2D eigenvalue weighted by molar-refractivity contribution is 5.84. The second-order valence-corrected chi connectivity index (χ2v) is 7.38. The van der Waals surface area contributed by atoms with Gasteiger partial charge in [-0.3, -0.25) is 9.88 Å². The molecule has 0 amide bonds. The summed E-state index contributed by atoms with van der Waals surface area (Å²) < 4.78 is 21.1. The maximum Gasteiger partial charge on any atom is 0.165 e. The lowest BCUT2D eigenvalue weighted by Gasteiger charge is -2.56. The molecule has 9 heteroatoms. The molecule has 0 N–H and O–H groups in total. The summed E-state index contributed by atoms with van der Waals surface area (Å²) in [6.45, 7) is 3.58. The van der Waals surface area contributed by atoms with Gasteiger partial charge >= 0.3 is 0 Å². The lowest BCUT2D eigenvalue weighted by Crippen LogP contribution is -2.69. The van der Waals surface area contributed by atoms with Gasteiger partial charge in [-0.1, -0.05) is 0 Å². The van der Waals surface area contributed by atoms with Gasteiger partial charge in [0.25, 0.3) is 0 Å². The van der Waals surface area contributed by atoms with Gasteiger partial charge in [0.15, 0.2) is 17.0 Å². The average molecular weight is 383 g/mol. The van der Waals surface area contributed by atoms with Gasteiger partial charge in [-0.05, 0) is 18.6 Å². The van der Waals surface area contributed by atoms with Crippen molar-refractivity contribution in [2.75, 3.05) is 31.7 Å². The molecule has 3 aliphatic heterocycles. The van der Waals surface area contributed by atoms with Gasteiger partial charge in [0.2, 0.25) is 0 Å². The number of nitrogens with zero attached hydrogens (tertiary/aromatic N) is 7. The van der Waals surface area contributed by atoms with E-state index in [1.54, 1.807) is 32.0 Å². The van der Waals surface area contributed by atoms with Crippen molar-refractivity contribution in [1.29, 1.82) is 0 Å². The monoisotopic (exact) mass is 383 g/mol. The highest BCUT2D eigenvalue weighted by Gasteiger charge is 2.46. The third-order valence-electron chi connectivity index (χ3n) is 5.64. The van der Waals surface area contributed by atoms with Crippen molar-refractivity contribution in [3.63, 3.8) is 0 Å². The van der Waals surface area contributed by atoms with E-state index in [-0.39, 0.29) is 5.82 Å². The summed E-state index contributed by atoms with van der Waals surface area (Å²) in [6, 6.07) is 3.80. The van der Waals surface area contributed by atoms with E-state index in [1.165, 1.54) is 6.07 Å². The van der Waals surface area contributed by atoms with Crippen LogP contribution >= 0.6 is 0 Å². The summed E-state index contributed by atoms with van der Waals surface area (Å²) in [6.07, 6.45) is 6.18. The van der Waals surface area contributed by atoms with Crippen LogP contribution in [-0.4, -0.2) is 68.3 Å². The van der Waals surface area contributed by atoms with E-state index >= 15 is 0 Å². The summed E-state index contributed by atoms with van der Waals surface area (Å²) in [5.74, 6) is 0.656. The van der Waals surface area contributed by atoms with E-state index in [0.717, 1.165) is 36.5 Å². The molecule has 3 aromatic rings. The Bertz CT molecular complexity index is 981. The molecule has 8 nitrogen and oxygen atoms in total. The zero-order valence-electron chi connectivity index (χ0n) is 15.7. The number of rotatable bonds is 6. The van der Waals surface area contributed by atoms with Gasteiger partial charge in [0, 0.05) is 51.6 Å². The van der Waals surface area contributed by atoms with Crippen molar-refractivity contribution in [3.8, 4) is 0 Å². The topological polar surface area (TPSA) is 72.2 Å². The Balaban J connectivity index is 1.34. The van der Waals surface area contributed by atoms with Crippen LogP contribution in [-0.2, 0) is 17.8 Å². The van der Waals surface area contributed by atoms with Gasteiger partial charge in [0.05, 0.1) is 18.6 Å². The first-order valence-electron chi connectivity index (χ1n) is 9.49. The molecular formula is C19H22FN7O. The molecule has 2 unspecified atom stereocenters. The lowest BCUT2D eigenvalue weighted by atomic mass is 9.87. The summed E-state index contributed by atoms with van der Waals surface area (Å²) in [4.78, 5) is 22.3. The second-order valence-electron chi connectivity index (χ2n) is 7.38. The first-order chi connectivity index (χ1) is 13.7. The first-order valence-corrected chi connectivity index (χ1v) is 9.49. The molecule has 0 saturated carbocycles. The predicted octanol–water partition coefficient (Wildman–Crippen LogP) is 1.47. The van der Waals surface area contributed by atoms with Gasteiger partial charge in [0.1, 0.15) is 12.1 Å². The number of anilines is 1. The van der Waals surface area contributed by atoms with Crippen LogP contribution in [0.2, 0.25) is 0 Å². The maximum absolute atomic E-state index is 13.9. The smallest absolute Gasteiger partial charge is 0.165 e. The number of halogens is 1. The van der Waals surface area contributed by atoms with Crippen LogP contribution in [0.3, 0.4) is 0 Å². The van der Waals surface area contributed by atoms with E-state index in [4.69, 9.17) is 4.74 Å². The van der Waals surface area contributed by atoms with Crippen LogP contribution < -0.4 is 4.90 Å². The van der Waals surface area contributed by atoms with Crippen molar-refractivity contribution in [2.45, 2.75) is 31.6 Å². The van der Waals surface area contributed by atoms with Crippen LogP contribution in [0.5, 0.6) is 0 Å². The standard InChI is InChI=1S/C19H22FN7O/c1-28-6-5-26-12-24-17-18(26)22-11-23-19(17)27-13-7-14(27)9-25(8-13)10-16-15(20)3-2-4-21-16/h2-4,11-14H,5-10H2,1H3. The molecule has 0 aliphatic carbocycles. The van der Waals surface area contributed by atoms with Crippen LogP contribution in [0.4, 0.5) is 10.2 Å². The molecule has 6 heterocycles. The molecule has 2 atom stereocenters. The third-order valence-corrected chi connectivity index (χ3v) is 5.64. The number of imidazole rings is 1. The molecule has 3 fully saturated rings. The molecule has 2 bridgehead atoms. The average Bonchev–Trinajstić information content (AvgIpc) is 3.12. The number of methoxy groups -OCH3 is 1. The summed E-state index contributed by atoms with van der Waals surface area (Å²) in [5, 5.41) is 0. The molecule has 6 rings (SSSR count). The highest BCUT2D eigenvalue weighted by atomic mass is 19.1. The number of piperazine rings is 1. The Morgan fingerprint density at radius 2 is 2.04 bits per heavy atom. The SMILES string of the molecule is COCCn1cnc2c(N3C4CC3CN(Cc3ncccc3F)C4)ncnc21.